The first-order chi connectivity index (χ1) is 14.0. The summed E-state index contributed by atoms with van der Waals surface area (Å²) in [6.07, 6.45) is 1.73. The molecule has 0 bridgehead atoms. The van der Waals surface area contributed by atoms with Crippen molar-refractivity contribution < 1.29 is 14.2 Å². The number of hydrogen-bond donors (Lipinski definition) is 0. The van der Waals surface area contributed by atoms with Crippen LogP contribution in [-0.2, 0) is 0 Å². The molecule has 5 heteroatoms. The highest BCUT2D eigenvalue weighted by atomic mass is 35.5. The van der Waals surface area contributed by atoms with E-state index in [2.05, 4.69) is 0 Å². The highest BCUT2D eigenvalue weighted by Crippen LogP contribution is 2.35. The first-order valence-electron chi connectivity index (χ1n) is 9.29. The van der Waals surface area contributed by atoms with Crippen LogP contribution in [0.25, 0.3) is 11.1 Å². The maximum Gasteiger partial charge on any atom is 0.128 e. The fourth-order valence-corrected chi connectivity index (χ4v) is 2.86. The van der Waals surface area contributed by atoms with E-state index >= 15 is 0 Å². The van der Waals surface area contributed by atoms with Crippen LogP contribution in [0, 0.1) is 0 Å². The van der Waals surface area contributed by atoms with Crippen LogP contribution < -0.4 is 14.2 Å². The Labute approximate surface area is 181 Å². The van der Waals surface area contributed by atoms with Crippen LogP contribution in [0.3, 0.4) is 0 Å². The van der Waals surface area contributed by atoms with E-state index in [1.165, 1.54) is 0 Å². The fraction of sp³-hybridized carbons (Fsp3) is 0.167. The lowest BCUT2D eigenvalue weighted by Gasteiger charge is -2.14. The van der Waals surface area contributed by atoms with Crippen molar-refractivity contribution in [1.29, 1.82) is 0 Å². The van der Waals surface area contributed by atoms with Crippen molar-refractivity contribution in [2.45, 2.75) is 20.0 Å². The van der Waals surface area contributed by atoms with Crippen LogP contribution in [0.2, 0.25) is 0 Å². The monoisotopic (exact) mass is 428 g/mol. The van der Waals surface area contributed by atoms with Crippen molar-refractivity contribution in [1.82, 2.24) is 0 Å². The van der Waals surface area contributed by atoms with Gasteiger partial charge in [-0.05, 0) is 68.0 Å². The van der Waals surface area contributed by atoms with E-state index in [4.69, 9.17) is 37.4 Å². The molecule has 29 heavy (non-hydrogen) atoms. The molecule has 0 heterocycles. The number of ether oxygens (including phenoxy) is 3. The Morgan fingerprint density at radius 2 is 1.52 bits per heavy atom. The van der Waals surface area contributed by atoms with Gasteiger partial charge in [0, 0.05) is 5.56 Å². The van der Waals surface area contributed by atoms with E-state index in [-0.39, 0.29) is 17.2 Å². The lowest BCUT2D eigenvalue weighted by molar-refractivity contribution is 0.242. The summed E-state index contributed by atoms with van der Waals surface area (Å²) in [7, 11) is 0. The van der Waals surface area contributed by atoms with Gasteiger partial charge in [-0.25, -0.2) is 0 Å². The number of benzene rings is 3. The van der Waals surface area contributed by atoms with Crippen molar-refractivity contribution in [2.24, 2.45) is 0 Å². The molecule has 0 atom stereocenters. The minimum absolute atomic E-state index is 0.131. The molecule has 0 aliphatic carbocycles. The van der Waals surface area contributed by atoms with Crippen LogP contribution in [-0.4, -0.2) is 12.7 Å². The third-order valence-electron chi connectivity index (χ3n) is 3.94. The molecule has 0 N–H and O–H groups in total. The zero-order valence-electron chi connectivity index (χ0n) is 16.3. The topological polar surface area (TPSA) is 27.7 Å². The zero-order chi connectivity index (χ0) is 20.6. The molecule has 150 valence electrons. The molecule has 0 saturated carbocycles. The highest BCUT2D eigenvalue weighted by molar-refractivity contribution is 6.55. The summed E-state index contributed by atoms with van der Waals surface area (Å²) in [4.78, 5) is 0. The predicted molar refractivity (Wildman–Crippen MR) is 119 cm³/mol. The summed E-state index contributed by atoms with van der Waals surface area (Å²) >= 11 is 11.3. The van der Waals surface area contributed by atoms with Crippen LogP contribution in [0.5, 0.6) is 23.0 Å². The molecule has 0 saturated heterocycles. The van der Waals surface area contributed by atoms with Gasteiger partial charge in [-0.2, -0.15) is 0 Å². The van der Waals surface area contributed by atoms with Gasteiger partial charge < -0.3 is 14.2 Å². The second-order valence-electron chi connectivity index (χ2n) is 6.57. The molecule has 0 spiro atoms. The van der Waals surface area contributed by atoms with Gasteiger partial charge >= 0.3 is 0 Å². The van der Waals surface area contributed by atoms with Crippen molar-refractivity contribution >= 4 is 23.2 Å². The Hall–Kier alpha value is -2.62. The Balaban J connectivity index is 1.83. The third-order valence-corrected chi connectivity index (χ3v) is 4.25. The van der Waals surface area contributed by atoms with Crippen molar-refractivity contribution in [3.63, 3.8) is 0 Å². The minimum Gasteiger partial charge on any atom is -0.491 e. The first-order valence-corrected chi connectivity index (χ1v) is 10.0. The molecule has 0 unspecified atom stereocenters. The molecule has 0 aliphatic rings. The molecule has 3 rings (SSSR count). The molecule has 0 aliphatic heterocycles. The van der Waals surface area contributed by atoms with Crippen LogP contribution in [0.4, 0.5) is 0 Å². The van der Waals surface area contributed by atoms with E-state index in [9.17, 15) is 0 Å². The normalized spacial score (nSPS) is 10.5. The lowest BCUT2D eigenvalue weighted by Crippen LogP contribution is -2.05. The summed E-state index contributed by atoms with van der Waals surface area (Å²) in [5, 5.41) is 0. The van der Waals surface area contributed by atoms with Gasteiger partial charge in [-0.15, -0.1) is 0 Å². The molecule has 0 aromatic heterocycles. The molecule has 3 nitrogen and oxygen atoms in total. The van der Waals surface area contributed by atoms with Gasteiger partial charge in [0.1, 0.15) is 34.1 Å². The average molecular weight is 429 g/mol. The van der Waals surface area contributed by atoms with Crippen molar-refractivity contribution in [2.75, 3.05) is 6.61 Å². The second kappa shape index (κ2) is 10.2. The Morgan fingerprint density at radius 1 is 0.862 bits per heavy atom. The standard InChI is InChI=1S/C24H22Cl2O3/c1-17(2)28-19-8-10-20(11-9-19)29-21-12-13-23(27-15-14-24(25)26)22(16-21)18-6-4-3-5-7-18/h3-14,16-17H,15H2,1-2H3. The van der Waals surface area contributed by atoms with Gasteiger partial charge in [0.05, 0.1) is 6.10 Å². The maximum atomic E-state index is 6.03. The average Bonchev–Trinajstić information content (AvgIpc) is 2.70. The molecule has 0 radical (unpaired) electrons. The molecule has 3 aromatic rings. The number of hydrogen-bond acceptors (Lipinski definition) is 3. The van der Waals surface area contributed by atoms with Crippen molar-refractivity contribution in [3.8, 4) is 34.1 Å². The molecular formula is C24H22Cl2O3. The van der Waals surface area contributed by atoms with Gasteiger partial charge in [0.25, 0.3) is 0 Å². The largest absolute Gasteiger partial charge is 0.491 e. The van der Waals surface area contributed by atoms with E-state index in [0.29, 0.717) is 5.75 Å². The first kappa shape index (κ1) is 21.1. The summed E-state index contributed by atoms with van der Waals surface area (Å²) in [5.74, 6) is 2.97. The number of halogens is 2. The van der Waals surface area contributed by atoms with Gasteiger partial charge in [-0.3, -0.25) is 0 Å². The third kappa shape index (κ3) is 6.45. The Kier molecular flexibility index (Phi) is 7.45. The molecule has 0 fully saturated rings. The fourth-order valence-electron chi connectivity index (χ4n) is 2.73. The van der Waals surface area contributed by atoms with E-state index < -0.39 is 0 Å². The van der Waals surface area contributed by atoms with Crippen molar-refractivity contribution in [3.05, 3.63) is 83.4 Å². The number of rotatable bonds is 8. The Bertz CT molecular complexity index is 948. The van der Waals surface area contributed by atoms with E-state index in [1.54, 1.807) is 6.08 Å². The zero-order valence-corrected chi connectivity index (χ0v) is 17.8. The minimum atomic E-state index is 0.131. The summed E-state index contributed by atoms with van der Waals surface area (Å²) in [6.45, 7) is 4.27. The van der Waals surface area contributed by atoms with Crippen LogP contribution >= 0.6 is 23.2 Å². The van der Waals surface area contributed by atoms with Crippen LogP contribution in [0.1, 0.15) is 13.8 Å². The van der Waals surface area contributed by atoms with E-state index in [1.807, 2.05) is 86.6 Å². The summed E-state index contributed by atoms with van der Waals surface area (Å²) in [5.41, 5.74) is 1.94. The molecule has 3 aromatic carbocycles. The lowest BCUT2D eigenvalue weighted by atomic mass is 10.0. The van der Waals surface area contributed by atoms with Gasteiger partial charge in [-0.1, -0.05) is 53.5 Å². The molecule has 0 amide bonds. The smallest absolute Gasteiger partial charge is 0.128 e. The van der Waals surface area contributed by atoms with Gasteiger partial charge in [0.15, 0.2) is 0 Å². The Morgan fingerprint density at radius 3 is 2.17 bits per heavy atom. The summed E-state index contributed by atoms with van der Waals surface area (Å²) in [6, 6.07) is 23.2. The highest BCUT2D eigenvalue weighted by Gasteiger charge is 2.09. The SMILES string of the molecule is CC(C)Oc1ccc(Oc2ccc(OCC=C(Cl)Cl)c(-c3ccccc3)c2)cc1. The van der Waals surface area contributed by atoms with E-state index in [0.717, 1.165) is 28.4 Å². The summed E-state index contributed by atoms with van der Waals surface area (Å²) < 4.78 is 17.7. The molecular weight excluding hydrogens is 407 g/mol. The second-order valence-corrected chi connectivity index (χ2v) is 7.58. The van der Waals surface area contributed by atoms with Crippen LogP contribution in [0.15, 0.2) is 83.4 Å². The maximum absolute atomic E-state index is 6.03. The quantitative estimate of drug-likeness (QED) is 0.368. The predicted octanol–water partition coefficient (Wildman–Crippen LogP) is 7.63. The van der Waals surface area contributed by atoms with Gasteiger partial charge in [0.2, 0.25) is 0 Å².